The average Bonchev–Trinajstić information content (AvgIpc) is 1.82. The number of hydrogen-bond acceptors (Lipinski definition) is 3. The molecule has 0 amide bonds. The lowest BCUT2D eigenvalue weighted by molar-refractivity contribution is -0.144. The summed E-state index contributed by atoms with van der Waals surface area (Å²) in [5.41, 5.74) is 5.74. The molecule has 0 radical (unpaired) electrons. The molecule has 0 aromatic rings. The molecule has 4 nitrogen and oxygen atoms in total. The highest BCUT2D eigenvalue weighted by Crippen LogP contribution is 2.18. The fraction of sp³-hybridized carbons (Fsp3) is 0.875. The third-order valence-corrected chi connectivity index (χ3v) is 2.46. The number of carboxylic acids is 1. The van der Waals surface area contributed by atoms with Gasteiger partial charge in [0.25, 0.3) is 0 Å². The van der Waals surface area contributed by atoms with Crippen LogP contribution in [-0.4, -0.2) is 29.2 Å². The van der Waals surface area contributed by atoms with Crippen molar-refractivity contribution in [2.75, 3.05) is 0 Å². The molecule has 4 heteroatoms. The third kappa shape index (κ3) is 1.76. The fourth-order valence-corrected chi connectivity index (χ4v) is 1.94. The van der Waals surface area contributed by atoms with Gasteiger partial charge >= 0.3 is 5.97 Å². The summed E-state index contributed by atoms with van der Waals surface area (Å²) >= 11 is 0. The molecule has 1 rings (SSSR count). The van der Waals surface area contributed by atoms with Gasteiger partial charge in [0, 0.05) is 18.1 Å². The first-order chi connectivity index (χ1) is 5.52. The number of nitrogens with two attached hydrogens (primary N) is 1. The van der Waals surface area contributed by atoms with Gasteiger partial charge in [-0.25, -0.2) is 0 Å². The third-order valence-electron chi connectivity index (χ3n) is 2.46. The average molecular weight is 172 g/mol. The van der Waals surface area contributed by atoms with Gasteiger partial charge in [0.05, 0.1) is 5.92 Å². The minimum atomic E-state index is -0.797. The quantitative estimate of drug-likeness (QED) is 0.511. The van der Waals surface area contributed by atoms with E-state index in [9.17, 15) is 4.79 Å². The van der Waals surface area contributed by atoms with Crippen molar-refractivity contribution in [3.63, 3.8) is 0 Å². The number of aliphatic carboxylic acids is 1. The first kappa shape index (κ1) is 9.48. The number of carboxylic acid groups (broad SMARTS) is 1. The van der Waals surface area contributed by atoms with E-state index >= 15 is 0 Å². The van der Waals surface area contributed by atoms with Crippen LogP contribution in [0.2, 0.25) is 0 Å². The van der Waals surface area contributed by atoms with E-state index in [1.165, 1.54) is 0 Å². The molecule has 1 heterocycles. The van der Waals surface area contributed by atoms with Gasteiger partial charge in [-0.2, -0.15) is 0 Å². The van der Waals surface area contributed by atoms with Crippen LogP contribution < -0.4 is 11.1 Å². The molecule has 0 aromatic heterocycles. The van der Waals surface area contributed by atoms with Crippen LogP contribution >= 0.6 is 0 Å². The van der Waals surface area contributed by atoms with Gasteiger partial charge in [-0.15, -0.1) is 0 Å². The second-order valence-corrected chi connectivity index (χ2v) is 3.62. The lowest BCUT2D eigenvalue weighted by Gasteiger charge is -2.36. The van der Waals surface area contributed by atoms with E-state index in [0.717, 1.165) is 6.42 Å². The van der Waals surface area contributed by atoms with E-state index in [4.69, 9.17) is 10.8 Å². The van der Waals surface area contributed by atoms with Crippen LogP contribution in [0, 0.1) is 5.92 Å². The van der Waals surface area contributed by atoms with Crippen LogP contribution in [0.1, 0.15) is 20.3 Å². The summed E-state index contributed by atoms with van der Waals surface area (Å²) in [6.45, 7) is 3.89. The Labute approximate surface area is 72.1 Å². The summed E-state index contributed by atoms with van der Waals surface area (Å²) in [5.74, 6) is -1.24. The van der Waals surface area contributed by atoms with Crippen LogP contribution in [0.3, 0.4) is 0 Å². The van der Waals surface area contributed by atoms with Crippen LogP contribution in [0.4, 0.5) is 0 Å². The summed E-state index contributed by atoms with van der Waals surface area (Å²) < 4.78 is 0. The Balaban J connectivity index is 2.66. The van der Waals surface area contributed by atoms with Gasteiger partial charge in [0.1, 0.15) is 0 Å². The highest BCUT2D eigenvalue weighted by atomic mass is 16.4. The van der Waals surface area contributed by atoms with Crippen molar-refractivity contribution in [2.45, 2.75) is 38.4 Å². The zero-order chi connectivity index (χ0) is 9.30. The van der Waals surface area contributed by atoms with E-state index in [1.54, 1.807) is 0 Å². The summed E-state index contributed by atoms with van der Waals surface area (Å²) in [4.78, 5) is 10.8. The van der Waals surface area contributed by atoms with Crippen LogP contribution in [0.5, 0.6) is 0 Å². The molecule has 70 valence electrons. The molecule has 2 unspecified atom stereocenters. The molecule has 0 aromatic carbocycles. The summed E-state index contributed by atoms with van der Waals surface area (Å²) in [6.07, 6.45) is 0.737. The second-order valence-electron chi connectivity index (χ2n) is 3.62. The Bertz CT molecular complexity index is 172. The Kier molecular flexibility index (Phi) is 2.69. The Morgan fingerprint density at radius 2 is 2.17 bits per heavy atom. The summed E-state index contributed by atoms with van der Waals surface area (Å²) in [6, 6.07) is 0.0839. The van der Waals surface area contributed by atoms with Crippen molar-refractivity contribution in [2.24, 2.45) is 11.7 Å². The molecule has 12 heavy (non-hydrogen) atoms. The summed E-state index contributed by atoms with van der Waals surface area (Å²) in [5, 5.41) is 12.0. The minimum absolute atomic E-state index is 0.0266. The molecule has 4 atom stereocenters. The monoisotopic (exact) mass is 172 g/mol. The van der Waals surface area contributed by atoms with Gasteiger partial charge in [-0.1, -0.05) is 0 Å². The van der Waals surface area contributed by atoms with Gasteiger partial charge in [-0.05, 0) is 20.3 Å². The molecule has 0 aliphatic carbocycles. The zero-order valence-electron chi connectivity index (χ0n) is 7.45. The first-order valence-corrected chi connectivity index (χ1v) is 4.26. The maximum absolute atomic E-state index is 10.8. The van der Waals surface area contributed by atoms with E-state index in [0.29, 0.717) is 6.04 Å². The van der Waals surface area contributed by atoms with Crippen molar-refractivity contribution in [1.82, 2.24) is 5.32 Å². The molecule has 1 aliphatic rings. The minimum Gasteiger partial charge on any atom is -0.481 e. The molecule has 1 aliphatic heterocycles. The zero-order valence-corrected chi connectivity index (χ0v) is 7.45. The number of piperidine rings is 1. The molecule has 1 saturated heterocycles. The van der Waals surface area contributed by atoms with Crippen LogP contribution in [-0.2, 0) is 4.79 Å². The van der Waals surface area contributed by atoms with Crippen molar-refractivity contribution in [3.05, 3.63) is 0 Å². The fourth-order valence-electron chi connectivity index (χ4n) is 1.94. The molecule has 4 N–H and O–H groups in total. The van der Waals surface area contributed by atoms with Gasteiger partial charge in [0.15, 0.2) is 0 Å². The first-order valence-electron chi connectivity index (χ1n) is 4.26. The van der Waals surface area contributed by atoms with Gasteiger partial charge < -0.3 is 16.2 Å². The van der Waals surface area contributed by atoms with Gasteiger partial charge in [0.2, 0.25) is 0 Å². The second kappa shape index (κ2) is 3.41. The van der Waals surface area contributed by atoms with Crippen molar-refractivity contribution >= 4 is 5.97 Å². The van der Waals surface area contributed by atoms with E-state index < -0.39 is 11.9 Å². The highest BCUT2D eigenvalue weighted by molar-refractivity contribution is 5.72. The maximum atomic E-state index is 10.8. The number of rotatable bonds is 1. The molecule has 1 fully saturated rings. The van der Waals surface area contributed by atoms with E-state index in [2.05, 4.69) is 5.32 Å². The topological polar surface area (TPSA) is 75.4 Å². The number of carbonyl (C=O) groups is 1. The van der Waals surface area contributed by atoms with Crippen molar-refractivity contribution < 1.29 is 9.90 Å². The Morgan fingerprint density at radius 1 is 1.58 bits per heavy atom. The highest BCUT2D eigenvalue weighted by Gasteiger charge is 2.36. The van der Waals surface area contributed by atoms with Crippen molar-refractivity contribution in [3.8, 4) is 0 Å². The summed E-state index contributed by atoms with van der Waals surface area (Å²) in [7, 11) is 0. The predicted octanol–water partition coefficient (Wildman–Crippen LogP) is -0.215. The normalized spacial score (nSPS) is 42.6. The lowest BCUT2D eigenvalue weighted by Crippen LogP contribution is -2.57. The molecule has 0 saturated carbocycles. The van der Waals surface area contributed by atoms with Crippen LogP contribution in [0.15, 0.2) is 0 Å². The predicted molar refractivity (Wildman–Crippen MR) is 45.8 cm³/mol. The molecular weight excluding hydrogens is 156 g/mol. The Hall–Kier alpha value is -0.610. The maximum Gasteiger partial charge on any atom is 0.309 e. The SMILES string of the molecule is C[C@H]1CC(N)C(C(=O)O)[C@@H](C)N1. The molecule has 0 bridgehead atoms. The van der Waals surface area contributed by atoms with Gasteiger partial charge in [-0.3, -0.25) is 4.79 Å². The smallest absolute Gasteiger partial charge is 0.309 e. The van der Waals surface area contributed by atoms with E-state index in [1.807, 2.05) is 13.8 Å². The molecular formula is C8H16N2O2. The Morgan fingerprint density at radius 3 is 2.58 bits per heavy atom. The number of nitrogens with one attached hydrogen (secondary N) is 1. The van der Waals surface area contributed by atoms with Crippen molar-refractivity contribution in [1.29, 1.82) is 0 Å². The van der Waals surface area contributed by atoms with E-state index in [-0.39, 0.29) is 12.1 Å². The largest absolute Gasteiger partial charge is 0.481 e. The lowest BCUT2D eigenvalue weighted by atomic mass is 9.85. The van der Waals surface area contributed by atoms with Crippen LogP contribution in [0.25, 0.3) is 0 Å². The number of hydrogen-bond donors (Lipinski definition) is 3. The molecule has 0 spiro atoms. The standard InChI is InChI=1S/C8H16N2O2/c1-4-3-6(9)7(8(11)12)5(2)10-4/h4-7,10H,3,9H2,1-2H3,(H,11,12)/t4-,5+,6?,7?/m0/s1.